The molecular weight excluding hydrogens is 300 g/mol. The zero-order chi connectivity index (χ0) is 16.9. The number of aryl methyl sites for hydroxylation is 1. The molecule has 0 saturated carbocycles. The van der Waals surface area contributed by atoms with Gasteiger partial charge in [0.05, 0.1) is 11.4 Å². The lowest BCUT2D eigenvalue weighted by Gasteiger charge is -2.14. The molecule has 2 amide bonds. The Morgan fingerprint density at radius 2 is 1.96 bits per heavy atom. The first kappa shape index (κ1) is 16.1. The van der Waals surface area contributed by atoms with Gasteiger partial charge in [-0.05, 0) is 30.4 Å². The van der Waals surface area contributed by atoms with Gasteiger partial charge < -0.3 is 10.6 Å². The number of nitrogens with zero attached hydrogens (tertiary/aromatic N) is 2. The molecule has 0 saturated heterocycles. The van der Waals surface area contributed by atoms with Crippen molar-refractivity contribution in [3.05, 3.63) is 60.4 Å². The number of hydrogen-bond donors (Lipinski definition) is 2. The Bertz CT molecular complexity index is 835. The van der Waals surface area contributed by atoms with Gasteiger partial charge in [0, 0.05) is 24.7 Å². The minimum Gasteiger partial charge on any atom is -0.338 e. The van der Waals surface area contributed by atoms with Crippen LogP contribution in [0.5, 0.6) is 0 Å². The van der Waals surface area contributed by atoms with Crippen LogP contribution in [0.4, 0.5) is 10.5 Å². The highest BCUT2D eigenvalue weighted by Crippen LogP contribution is 2.22. The van der Waals surface area contributed by atoms with Crippen molar-refractivity contribution in [2.45, 2.75) is 20.4 Å². The highest BCUT2D eigenvalue weighted by atomic mass is 16.2. The Labute approximate surface area is 141 Å². The van der Waals surface area contributed by atoms with Gasteiger partial charge in [0.25, 0.3) is 0 Å². The molecule has 0 unspecified atom stereocenters. The van der Waals surface area contributed by atoms with Crippen LogP contribution in [-0.2, 0) is 6.54 Å². The number of fused-ring (bicyclic) bond motifs is 1. The predicted molar refractivity (Wildman–Crippen MR) is 97.1 cm³/mol. The molecular formula is C19H22N4O. The summed E-state index contributed by atoms with van der Waals surface area (Å²) in [5, 5.41) is 12.4. The van der Waals surface area contributed by atoms with Crippen LogP contribution in [0.2, 0.25) is 0 Å². The fourth-order valence-electron chi connectivity index (χ4n) is 2.72. The van der Waals surface area contributed by atoms with E-state index in [1.807, 2.05) is 66.3 Å². The second-order valence-corrected chi connectivity index (χ2v) is 6.15. The predicted octanol–water partition coefficient (Wildman–Crippen LogP) is 3.80. The molecule has 0 radical (unpaired) electrons. The second kappa shape index (κ2) is 7.17. The molecule has 24 heavy (non-hydrogen) atoms. The summed E-state index contributed by atoms with van der Waals surface area (Å²) >= 11 is 0. The Kier molecular flexibility index (Phi) is 4.79. The first-order valence-electron chi connectivity index (χ1n) is 8.14. The molecule has 0 aliphatic carbocycles. The summed E-state index contributed by atoms with van der Waals surface area (Å²) < 4.78 is 1.91. The largest absolute Gasteiger partial charge is 0.338 e. The number of amides is 2. The minimum absolute atomic E-state index is 0.185. The standard InChI is InChI=1S/C19H22N4O/c1-14(13-23-11-10-15(2)22-23)12-20-19(24)21-18-9-5-7-16-6-3-4-8-17(16)18/h3-11,14H,12-13H2,1-2H3,(H2,20,21,24)/t14-/m0/s1. The van der Waals surface area contributed by atoms with E-state index in [0.29, 0.717) is 12.5 Å². The van der Waals surface area contributed by atoms with Crippen molar-refractivity contribution < 1.29 is 4.79 Å². The van der Waals surface area contributed by atoms with Gasteiger partial charge in [0.1, 0.15) is 0 Å². The molecule has 0 aliphatic heterocycles. The van der Waals surface area contributed by atoms with E-state index in [1.165, 1.54) is 0 Å². The van der Waals surface area contributed by atoms with Crippen molar-refractivity contribution in [2.24, 2.45) is 5.92 Å². The maximum atomic E-state index is 12.2. The van der Waals surface area contributed by atoms with Crippen LogP contribution in [0.3, 0.4) is 0 Å². The van der Waals surface area contributed by atoms with E-state index in [-0.39, 0.29) is 6.03 Å². The lowest BCUT2D eigenvalue weighted by atomic mass is 10.1. The van der Waals surface area contributed by atoms with Crippen molar-refractivity contribution in [2.75, 3.05) is 11.9 Å². The molecule has 5 heteroatoms. The molecule has 0 bridgehead atoms. The van der Waals surface area contributed by atoms with Crippen LogP contribution in [0.15, 0.2) is 54.7 Å². The normalized spacial score (nSPS) is 12.1. The van der Waals surface area contributed by atoms with Crippen LogP contribution >= 0.6 is 0 Å². The molecule has 0 fully saturated rings. The zero-order valence-corrected chi connectivity index (χ0v) is 14.0. The van der Waals surface area contributed by atoms with E-state index in [1.54, 1.807) is 0 Å². The maximum absolute atomic E-state index is 12.2. The molecule has 3 aromatic rings. The molecule has 2 aromatic carbocycles. The minimum atomic E-state index is -0.185. The lowest BCUT2D eigenvalue weighted by molar-refractivity contribution is 0.249. The average molecular weight is 322 g/mol. The first-order valence-corrected chi connectivity index (χ1v) is 8.14. The SMILES string of the molecule is Cc1ccn(C[C@@H](C)CNC(=O)Nc2cccc3ccccc23)n1. The van der Waals surface area contributed by atoms with Crippen LogP contribution in [0.25, 0.3) is 10.8 Å². The van der Waals surface area contributed by atoms with Gasteiger partial charge in [-0.3, -0.25) is 4.68 Å². The van der Waals surface area contributed by atoms with Gasteiger partial charge in [0.15, 0.2) is 0 Å². The third-order valence-corrected chi connectivity index (χ3v) is 3.92. The van der Waals surface area contributed by atoms with Gasteiger partial charge in [-0.1, -0.05) is 43.3 Å². The number of nitrogens with one attached hydrogen (secondary N) is 2. The molecule has 3 rings (SSSR count). The summed E-state index contributed by atoms with van der Waals surface area (Å²) in [5.41, 5.74) is 1.82. The fourth-order valence-corrected chi connectivity index (χ4v) is 2.72. The molecule has 1 aromatic heterocycles. The number of carbonyl (C=O) groups is 1. The van der Waals surface area contributed by atoms with Crippen LogP contribution in [0, 0.1) is 12.8 Å². The Morgan fingerprint density at radius 1 is 1.17 bits per heavy atom. The third-order valence-electron chi connectivity index (χ3n) is 3.92. The van der Waals surface area contributed by atoms with E-state index in [0.717, 1.165) is 28.7 Å². The van der Waals surface area contributed by atoms with Crippen molar-refractivity contribution >= 4 is 22.5 Å². The monoisotopic (exact) mass is 322 g/mol. The Hall–Kier alpha value is -2.82. The Balaban J connectivity index is 1.55. The van der Waals surface area contributed by atoms with Crippen molar-refractivity contribution in [1.29, 1.82) is 0 Å². The first-order chi connectivity index (χ1) is 11.6. The van der Waals surface area contributed by atoms with E-state index in [4.69, 9.17) is 0 Å². The summed E-state index contributed by atoms with van der Waals surface area (Å²) in [6.45, 7) is 5.43. The van der Waals surface area contributed by atoms with E-state index >= 15 is 0 Å². The molecule has 0 spiro atoms. The number of hydrogen-bond acceptors (Lipinski definition) is 2. The second-order valence-electron chi connectivity index (χ2n) is 6.15. The van der Waals surface area contributed by atoms with E-state index in [9.17, 15) is 4.79 Å². The summed E-state index contributed by atoms with van der Waals surface area (Å²) in [5.74, 6) is 0.294. The summed E-state index contributed by atoms with van der Waals surface area (Å²) in [7, 11) is 0. The summed E-state index contributed by atoms with van der Waals surface area (Å²) in [6, 6.07) is 15.7. The number of benzene rings is 2. The third kappa shape index (κ3) is 3.93. The number of carbonyl (C=O) groups excluding carboxylic acids is 1. The van der Waals surface area contributed by atoms with Gasteiger partial charge >= 0.3 is 6.03 Å². The molecule has 5 nitrogen and oxygen atoms in total. The fraction of sp³-hybridized carbons (Fsp3) is 0.263. The van der Waals surface area contributed by atoms with Crippen LogP contribution in [0.1, 0.15) is 12.6 Å². The van der Waals surface area contributed by atoms with Gasteiger partial charge in [-0.25, -0.2) is 4.79 Å². The Morgan fingerprint density at radius 3 is 2.75 bits per heavy atom. The van der Waals surface area contributed by atoms with Gasteiger partial charge in [-0.2, -0.15) is 5.10 Å². The smallest absolute Gasteiger partial charge is 0.319 e. The van der Waals surface area contributed by atoms with Crippen LogP contribution in [-0.4, -0.2) is 22.4 Å². The molecule has 1 heterocycles. The average Bonchev–Trinajstić information content (AvgIpc) is 2.98. The topological polar surface area (TPSA) is 59.0 Å². The number of aromatic nitrogens is 2. The highest BCUT2D eigenvalue weighted by Gasteiger charge is 2.08. The highest BCUT2D eigenvalue weighted by molar-refractivity contribution is 6.01. The maximum Gasteiger partial charge on any atom is 0.319 e. The van der Waals surface area contributed by atoms with Gasteiger partial charge in [0.2, 0.25) is 0 Å². The van der Waals surface area contributed by atoms with Crippen molar-refractivity contribution in [3.63, 3.8) is 0 Å². The lowest BCUT2D eigenvalue weighted by Crippen LogP contribution is -2.33. The van der Waals surface area contributed by atoms with Crippen LogP contribution < -0.4 is 10.6 Å². The number of urea groups is 1. The van der Waals surface area contributed by atoms with Crippen molar-refractivity contribution in [1.82, 2.24) is 15.1 Å². The summed E-state index contributed by atoms with van der Waals surface area (Å²) in [4.78, 5) is 12.2. The zero-order valence-electron chi connectivity index (χ0n) is 14.0. The quantitative estimate of drug-likeness (QED) is 0.750. The summed E-state index contributed by atoms with van der Waals surface area (Å²) in [6.07, 6.45) is 1.96. The number of anilines is 1. The van der Waals surface area contributed by atoms with Crippen molar-refractivity contribution in [3.8, 4) is 0 Å². The van der Waals surface area contributed by atoms with E-state index in [2.05, 4.69) is 22.7 Å². The molecule has 0 aliphatic rings. The molecule has 1 atom stereocenters. The molecule has 124 valence electrons. The van der Waals surface area contributed by atoms with E-state index < -0.39 is 0 Å². The number of rotatable bonds is 5. The molecule has 2 N–H and O–H groups in total. The van der Waals surface area contributed by atoms with Gasteiger partial charge in [-0.15, -0.1) is 0 Å².